The second kappa shape index (κ2) is 9.76. The van der Waals surface area contributed by atoms with Crippen LogP contribution in [0.25, 0.3) is 5.69 Å². The van der Waals surface area contributed by atoms with E-state index in [4.69, 9.17) is 9.47 Å². The molecule has 2 aliphatic rings. The van der Waals surface area contributed by atoms with Crippen LogP contribution in [0.4, 0.5) is 4.39 Å². The summed E-state index contributed by atoms with van der Waals surface area (Å²) >= 11 is 0. The number of nitrogens with one attached hydrogen (secondary N) is 1. The summed E-state index contributed by atoms with van der Waals surface area (Å²) in [6.45, 7) is 1.31. The Morgan fingerprint density at radius 2 is 2.03 bits per heavy atom. The first kappa shape index (κ1) is 24.0. The lowest BCUT2D eigenvalue weighted by Crippen LogP contribution is -2.43. The van der Waals surface area contributed by atoms with E-state index in [1.54, 1.807) is 0 Å². The number of benzene rings is 1. The fraction of sp³-hybridized carbons (Fsp3) is 0.435. The Morgan fingerprint density at radius 3 is 2.78 bits per heavy atom. The van der Waals surface area contributed by atoms with Gasteiger partial charge in [0.05, 0.1) is 30.9 Å². The fourth-order valence-electron chi connectivity index (χ4n) is 4.58. The van der Waals surface area contributed by atoms with Gasteiger partial charge in [-0.2, -0.15) is 0 Å². The number of ether oxygens (including phenoxy) is 2. The number of nitrogens with zero attached hydrogens (tertiary/aromatic N) is 5. The summed E-state index contributed by atoms with van der Waals surface area (Å²) in [6, 6.07) is 3.92. The Bertz CT molecular complexity index is 1350. The first-order valence-corrected chi connectivity index (χ1v) is 11.5. The van der Waals surface area contributed by atoms with Gasteiger partial charge < -0.3 is 25.0 Å². The molecule has 0 bridgehead atoms. The van der Waals surface area contributed by atoms with Crippen molar-refractivity contribution in [1.82, 2.24) is 29.6 Å². The number of rotatable bonds is 5. The molecule has 0 aliphatic carbocycles. The van der Waals surface area contributed by atoms with Crippen LogP contribution in [-0.4, -0.2) is 66.9 Å². The highest BCUT2D eigenvalue weighted by molar-refractivity contribution is 5.94. The summed E-state index contributed by atoms with van der Waals surface area (Å²) in [5.74, 6) is -1.48. The topological polar surface area (TPSA) is 154 Å². The molecule has 4 heterocycles. The number of hydrogen-bond acceptors (Lipinski definition) is 9. The molecule has 190 valence electrons. The predicted molar refractivity (Wildman–Crippen MR) is 121 cm³/mol. The monoisotopic (exact) mass is 500 g/mol. The minimum absolute atomic E-state index is 0.0790. The Hall–Kier alpha value is -3.68. The van der Waals surface area contributed by atoms with Gasteiger partial charge in [-0.25, -0.2) is 19.0 Å². The molecule has 0 radical (unpaired) electrons. The minimum atomic E-state index is -0.759. The lowest BCUT2D eigenvalue weighted by molar-refractivity contribution is 0.00413. The molecule has 1 spiro atoms. The zero-order valence-corrected chi connectivity index (χ0v) is 19.3. The molecule has 3 aromatic rings. The smallest absolute Gasteiger partial charge is 0.296 e. The number of hydrogen-bond donors (Lipinski definition) is 3. The highest BCUT2D eigenvalue weighted by Crippen LogP contribution is 2.35. The van der Waals surface area contributed by atoms with E-state index in [9.17, 15) is 24.2 Å². The molecule has 0 atom stereocenters. The third-order valence-corrected chi connectivity index (χ3v) is 6.54. The first-order valence-electron chi connectivity index (χ1n) is 11.5. The molecule has 13 heteroatoms. The van der Waals surface area contributed by atoms with E-state index < -0.39 is 28.4 Å². The Kier molecular flexibility index (Phi) is 6.51. The molecule has 2 aromatic heterocycles. The SMILES string of the molecule is O=C(NCc1ccc(F)cc1-n1cnc(CO)n1)c1nc2n(c(=O)c1O)CCOCC21CCOCC1. The van der Waals surface area contributed by atoms with Crippen LogP contribution < -0.4 is 10.9 Å². The maximum atomic E-state index is 14.0. The van der Waals surface area contributed by atoms with E-state index in [2.05, 4.69) is 20.4 Å². The van der Waals surface area contributed by atoms with Crippen LogP contribution in [0.1, 0.15) is 40.5 Å². The van der Waals surface area contributed by atoms with Gasteiger partial charge in [0.15, 0.2) is 11.5 Å². The van der Waals surface area contributed by atoms with Crippen LogP contribution in [0, 0.1) is 5.82 Å². The van der Waals surface area contributed by atoms with E-state index in [1.165, 1.54) is 33.8 Å². The van der Waals surface area contributed by atoms with Crippen molar-refractivity contribution in [3.8, 4) is 11.4 Å². The van der Waals surface area contributed by atoms with Crippen molar-refractivity contribution in [1.29, 1.82) is 0 Å². The molecule has 36 heavy (non-hydrogen) atoms. The zero-order chi connectivity index (χ0) is 25.3. The van der Waals surface area contributed by atoms with Gasteiger partial charge in [-0.05, 0) is 30.5 Å². The Labute approximate surface area is 204 Å². The molecule has 1 amide bonds. The number of aromatic nitrogens is 5. The van der Waals surface area contributed by atoms with Crippen molar-refractivity contribution in [2.45, 2.75) is 38.0 Å². The number of aromatic hydroxyl groups is 1. The van der Waals surface area contributed by atoms with E-state index in [0.717, 1.165) is 0 Å². The lowest BCUT2D eigenvalue weighted by atomic mass is 9.80. The second-order valence-corrected chi connectivity index (χ2v) is 8.75. The van der Waals surface area contributed by atoms with Gasteiger partial charge in [0, 0.05) is 19.8 Å². The summed E-state index contributed by atoms with van der Waals surface area (Å²) in [5.41, 5.74) is -0.897. The highest BCUT2D eigenvalue weighted by Gasteiger charge is 2.41. The fourth-order valence-corrected chi connectivity index (χ4v) is 4.58. The molecular weight excluding hydrogens is 475 g/mol. The van der Waals surface area contributed by atoms with Gasteiger partial charge in [-0.3, -0.25) is 14.2 Å². The van der Waals surface area contributed by atoms with Crippen molar-refractivity contribution in [2.24, 2.45) is 0 Å². The van der Waals surface area contributed by atoms with Crippen molar-refractivity contribution in [2.75, 3.05) is 26.4 Å². The van der Waals surface area contributed by atoms with E-state index >= 15 is 0 Å². The minimum Gasteiger partial charge on any atom is -0.501 e. The number of aliphatic hydroxyl groups excluding tert-OH is 1. The number of carbonyl (C=O) groups is 1. The van der Waals surface area contributed by atoms with E-state index in [1.807, 2.05) is 0 Å². The molecule has 1 fully saturated rings. The zero-order valence-electron chi connectivity index (χ0n) is 19.3. The van der Waals surface area contributed by atoms with E-state index in [-0.39, 0.29) is 37.8 Å². The number of amides is 1. The second-order valence-electron chi connectivity index (χ2n) is 8.75. The average Bonchev–Trinajstić information content (AvgIpc) is 3.31. The first-order chi connectivity index (χ1) is 17.4. The van der Waals surface area contributed by atoms with Gasteiger partial charge in [-0.15, -0.1) is 5.10 Å². The van der Waals surface area contributed by atoms with Crippen molar-refractivity contribution in [3.05, 3.63) is 63.6 Å². The number of aliphatic hydroxyl groups is 1. The average molecular weight is 500 g/mol. The Morgan fingerprint density at radius 1 is 1.22 bits per heavy atom. The maximum Gasteiger partial charge on any atom is 0.296 e. The summed E-state index contributed by atoms with van der Waals surface area (Å²) in [4.78, 5) is 34.6. The maximum absolute atomic E-state index is 14.0. The highest BCUT2D eigenvalue weighted by atomic mass is 19.1. The van der Waals surface area contributed by atoms with Crippen molar-refractivity contribution in [3.63, 3.8) is 0 Å². The molecule has 5 rings (SSSR count). The van der Waals surface area contributed by atoms with Gasteiger partial charge >= 0.3 is 0 Å². The van der Waals surface area contributed by atoms with Crippen LogP contribution in [-0.2, 0) is 34.6 Å². The molecular formula is C23H25FN6O6. The lowest BCUT2D eigenvalue weighted by Gasteiger charge is -2.35. The van der Waals surface area contributed by atoms with Gasteiger partial charge in [0.25, 0.3) is 11.5 Å². The van der Waals surface area contributed by atoms with Crippen molar-refractivity contribution < 1.29 is 28.9 Å². The quantitative estimate of drug-likeness (QED) is 0.445. The number of carbonyl (C=O) groups excluding carboxylic acids is 1. The van der Waals surface area contributed by atoms with Crippen LogP contribution in [0.15, 0.2) is 29.3 Å². The molecule has 0 saturated carbocycles. The van der Waals surface area contributed by atoms with Gasteiger partial charge in [-0.1, -0.05) is 6.07 Å². The number of halogens is 1. The summed E-state index contributed by atoms with van der Waals surface area (Å²) < 4.78 is 27.9. The van der Waals surface area contributed by atoms with E-state index in [0.29, 0.717) is 49.7 Å². The van der Waals surface area contributed by atoms with Crippen LogP contribution >= 0.6 is 0 Å². The van der Waals surface area contributed by atoms with Gasteiger partial charge in [0.1, 0.15) is 24.6 Å². The molecule has 0 unspecified atom stereocenters. The summed E-state index contributed by atoms with van der Waals surface area (Å²) in [7, 11) is 0. The predicted octanol–water partition coefficient (Wildman–Crippen LogP) is 0.169. The molecule has 12 nitrogen and oxygen atoms in total. The third kappa shape index (κ3) is 4.36. The molecule has 1 saturated heterocycles. The molecule has 1 aromatic carbocycles. The standard InChI is InChI=1S/C23H25FN6O6/c24-15-2-1-14(16(9-15)30-13-26-17(11-31)28-30)10-25-20(33)18-19(32)21(34)29-5-8-36-12-23(22(29)27-18)3-6-35-7-4-23/h1-2,9,13,31-32H,3-8,10-12H2,(H,25,33). The number of fused-ring (bicyclic) bond motifs is 2. The molecule has 3 N–H and O–H groups in total. The van der Waals surface area contributed by atoms with Crippen LogP contribution in [0.3, 0.4) is 0 Å². The van der Waals surface area contributed by atoms with Crippen molar-refractivity contribution >= 4 is 5.91 Å². The van der Waals surface area contributed by atoms with Gasteiger partial charge in [0.2, 0.25) is 5.75 Å². The third-order valence-electron chi connectivity index (χ3n) is 6.54. The largest absolute Gasteiger partial charge is 0.501 e. The molecule has 2 aliphatic heterocycles. The normalized spacial score (nSPS) is 16.9. The van der Waals surface area contributed by atoms with Crippen LogP contribution in [0.5, 0.6) is 5.75 Å². The summed E-state index contributed by atoms with van der Waals surface area (Å²) in [6.07, 6.45) is 2.46. The van der Waals surface area contributed by atoms with Crippen LogP contribution in [0.2, 0.25) is 0 Å². The summed E-state index contributed by atoms with van der Waals surface area (Å²) in [5, 5.41) is 26.5. The Balaban J connectivity index is 1.46.